The van der Waals surface area contributed by atoms with Crippen molar-refractivity contribution in [2.24, 2.45) is 5.73 Å². The molecule has 2 heterocycles. The zero-order chi connectivity index (χ0) is 11.3. The van der Waals surface area contributed by atoms with E-state index < -0.39 is 0 Å². The van der Waals surface area contributed by atoms with Crippen LogP contribution in [0.2, 0.25) is 0 Å². The van der Waals surface area contributed by atoms with Gasteiger partial charge in [0.1, 0.15) is 0 Å². The molecule has 1 aliphatic heterocycles. The Morgan fingerprint density at radius 1 is 1.44 bits per heavy atom. The first-order chi connectivity index (χ1) is 7.60. The van der Waals surface area contributed by atoms with Gasteiger partial charge in [0.25, 0.3) is 0 Å². The van der Waals surface area contributed by atoms with Crippen LogP contribution in [-0.2, 0) is 5.54 Å². The van der Waals surface area contributed by atoms with Crippen molar-refractivity contribution in [1.29, 1.82) is 0 Å². The molecule has 4 nitrogen and oxygen atoms in total. The fourth-order valence-corrected chi connectivity index (χ4v) is 2.45. The molecule has 2 aliphatic rings. The summed E-state index contributed by atoms with van der Waals surface area (Å²) in [6.45, 7) is 6.71. The largest absolute Gasteiger partial charge is 0.320 e. The summed E-state index contributed by atoms with van der Waals surface area (Å²) in [5.41, 5.74) is 7.43. The number of likely N-dealkylation sites (tertiary alicyclic amines) is 1. The van der Waals surface area contributed by atoms with Gasteiger partial charge in [-0.15, -0.1) is 0 Å². The molecule has 1 saturated carbocycles. The van der Waals surface area contributed by atoms with Crippen LogP contribution in [-0.4, -0.2) is 33.8 Å². The second-order valence-electron chi connectivity index (χ2n) is 5.52. The quantitative estimate of drug-likeness (QED) is 0.829. The van der Waals surface area contributed by atoms with Crippen LogP contribution in [0.3, 0.4) is 0 Å². The maximum atomic E-state index is 6.25. The lowest BCUT2D eigenvalue weighted by Crippen LogP contribution is -2.51. The Bertz CT molecular complexity index is 385. The first kappa shape index (κ1) is 10.3. The van der Waals surface area contributed by atoms with Gasteiger partial charge in [-0.25, -0.2) is 0 Å². The molecule has 3 rings (SSSR count). The molecule has 1 saturated heterocycles. The molecule has 1 aromatic heterocycles. The van der Waals surface area contributed by atoms with Crippen molar-refractivity contribution < 1.29 is 0 Å². The SMILES string of the molecule is CC(C)N1CC(n2nccc2C2(N)CC2)C1. The number of nitrogens with two attached hydrogens (primary N) is 1. The normalized spacial score (nSPS) is 24.8. The Kier molecular flexibility index (Phi) is 2.13. The van der Waals surface area contributed by atoms with E-state index in [0.717, 1.165) is 25.9 Å². The summed E-state index contributed by atoms with van der Waals surface area (Å²) in [5.74, 6) is 0. The first-order valence-electron chi connectivity index (χ1n) is 6.17. The van der Waals surface area contributed by atoms with Gasteiger partial charge in [0.2, 0.25) is 0 Å². The van der Waals surface area contributed by atoms with Crippen LogP contribution < -0.4 is 5.73 Å². The first-order valence-corrected chi connectivity index (χ1v) is 6.17. The van der Waals surface area contributed by atoms with E-state index in [1.165, 1.54) is 5.69 Å². The van der Waals surface area contributed by atoms with E-state index in [0.29, 0.717) is 12.1 Å². The zero-order valence-corrected chi connectivity index (χ0v) is 10.1. The lowest BCUT2D eigenvalue weighted by Gasteiger charge is -2.42. The van der Waals surface area contributed by atoms with Crippen LogP contribution in [0.5, 0.6) is 0 Å². The van der Waals surface area contributed by atoms with E-state index >= 15 is 0 Å². The Morgan fingerprint density at radius 2 is 2.12 bits per heavy atom. The molecule has 88 valence electrons. The van der Waals surface area contributed by atoms with Gasteiger partial charge < -0.3 is 5.73 Å². The molecular weight excluding hydrogens is 200 g/mol. The highest BCUT2D eigenvalue weighted by Crippen LogP contribution is 2.43. The van der Waals surface area contributed by atoms with Gasteiger partial charge in [0, 0.05) is 25.3 Å². The van der Waals surface area contributed by atoms with Gasteiger partial charge >= 0.3 is 0 Å². The topological polar surface area (TPSA) is 47.1 Å². The minimum absolute atomic E-state index is 0.0608. The molecular formula is C12H20N4. The highest BCUT2D eigenvalue weighted by molar-refractivity contribution is 5.22. The zero-order valence-electron chi connectivity index (χ0n) is 10.1. The molecule has 2 N–H and O–H groups in total. The second-order valence-corrected chi connectivity index (χ2v) is 5.52. The maximum absolute atomic E-state index is 6.25. The maximum Gasteiger partial charge on any atom is 0.0777 e. The lowest BCUT2D eigenvalue weighted by molar-refractivity contribution is 0.0649. The highest BCUT2D eigenvalue weighted by Gasteiger charge is 2.44. The van der Waals surface area contributed by atoms with Gasteiger partial charge in [0.15, 0.2) is 0 Å². The van der Waals surface area contributed by atoms with E-state index in [1.54, 1.807) is 0 Å². The van der Waals surface area contributed by atoms with Gasteiger partial charge in [-0.1, -0.05) is 0 Å². The second kappa shape index (κ2) is 3.31. The van der Waals surface area contributed by atoms with Crippen LogP contribution in [0, 0.1) is 0 Å². The number of aromatic nitrogens is 2. The molecule has 1 aliphatic carbocycles. The molecule has 0 amide bonds. The molecule has 2 fully saturated rings. The number of hydrogen-bond donors (Lipinski definition) is 1. The van der Waals surface area contributed by atoms with Crippen molar-refractivity contribution in [3.8, 4) is 0 Å². The summed E-state index contributed by atoms with van der Waals surface area (Å²) in [4.78, 5) is 2.46. The monoisotopic (exact) mass is 220 g/mol. The summed E-state index contributed by atoms with van der Waals surface area (Å²) in [7, 11) is 0. The van der Waals surface area contributed by atoms with Crippen molar-refractivity contribution in [1.82, 2.24) is 14.7 Å². The minimum Gasteiger partial charge on any atom is -0.320 e. The van der Waals surface area contributed by atoms with Crippen molar-refractivity contribution >= 4 is 0 Å². The van der Waals surface area contributed by atoms with E-state index in [9.17, 15) is 0 Å². The van der Waals surface area contributed by atoms with Gasteiger partial charge in [-0.2, -0.15) is 5.10 Å². The molecule has 0 spiro atoms. The van der Waals surface area contributed by atoms with E-state index in [1.807, 2.05) is 6.20 Å². The fraction of sp³-hybridized carbons (Fsp3) is 0.750. The minimum atomic E-state index is -0.0608. The van der Waals surface area contributed by atoms with Crippen molar-refractivity contribution in [2.75, 3.05) is 13.1 Å². The predicted octanol–water partition coefficient (Wildman–Crippen LogP) is 1.10. The number of hydrogen-bond acceptors (Lipinski definition) is 3. The molecule has 0 atom stereocenters. The lowest BCUT2D eigenvalue weighted by atomic mass is 10.1. The van der Waals surface area contributed by atoms with Crippen molar-refractivity contribution in [3.63, 3.8) is 0 Å². The highest BCUT2D eigenvalue weighted by atomic mass is 15.4. The van der Waals surface area contributed by atoms with Crippen LogP contribution in [0.25, 0.3) is 0 Å². The van der Waals surface area contributed by atoms with E-state index in [2.05, 4.69) is 34.6 Å². The van der Waals surface area contributed by atoms with Crippen molar-refractivity contribution in [3.05, 3.63) is 18.0 Å². The Morgan fingerprint density at radius 3 is 2.69 bits per heavy atom. The third kappa shape index (κ3) is 1.48. The molecule has 0 radical (unpaired) electrons. The molecule has 0 aromatic carbocycles. The molecule has 1 aromatic rings. The summed E-state index contributed by atoms with van der Waals surface area (Å²) in [6, 6.07) is 3.27. The summed E-state index contributed by atoms with van der Waals surface area (Å²) in [6.07, 6.45) is 4.11. The van der Waals surface area contributed by atoms with Crippen LogP contribution >= 0.6 is 0 Å². The van der Waals surface area contributed by atoms with Crippen LogP contribution in [0.4, 0.5) is 0 Å². The Labute approximate surface area is 96.4 Å². The third-order valence-corrected chi connectivity index (χ3v) is 3.94. The molecule has 4 heteroatoms. The number of rotatable bonds is 3. The molecule has 16 heavy (non-hydrogen) atoms. The average molecular weight is 220 g/mol. The Hall–Kier alpha value is -0.870. The van der Waals surface area contributed by atoms with Gasteiger partial charge in [-0.3, -0.25) is 9.58 Å². The van der Waals surface area contributed by atoms with Crippen LogP contribution in [0.1, 0.15) is 38.4 Å². The third-order valence-electron chi connectivity index (χ3n) is 3.94. The summed E-state index contributed by atoms with van der Waals surface area (Å²) in [5, 5.41) is 4.45. The van der Waals surface area contributed by atoms with Crippen LogP contribution in [0.15, 0.2) is 12.3 Å². The summed E-state index contributed by atoms with van der Waals surface area (Å²) >= 11 is 0. The average Bonchev–Trinajstić information content (AvgIpc) is 2.73. The fourth-order valence-electron chi connectivity index (χ4n) is 2.45. The predicted molar refractivity (Wildman–Crippen MR) is 63.1 cm³/mol. The molecule has 0 unspecified atom stereocenters. The van der Waals surface area contributed by atoms with Gasteiger partial charge in [-0.05, 0) is 32.8 Å². The van der Waals surface area contributed by atoms with Gasteiger partial charge in [0.05, 0.1) is 17.3 Å². The molecule has 0 bridgehead atoms. The summed E-state index contributed by atoms with van der Waals surface area (Å²) < 4.78 is 2.16. The van der Waals surface area contributed by atoms with E-state index in [4.69, 9.17) is 5.73 Å². The standard InChI is InChI=1S/C12H20N4/c1-9(2)15-7-10(8-15)16-11(3-6-14-16)12(13)4-5-12/h3,6,9-10H,4-5,7-8,13H2,1-2H3. The smallest absolute Gasteiger partial charge is 0.0777 e. The number of nitrogens with zero attached hydrogens (tertiary/aromatic N) is 3. The Balaban J connectivity index is 1.75. The van der Waals surface area contributed by atoms with Crippen molar-refractivity contribution in [2.45, 2.75) is 44.3 Å². The van der Waals surface area contributed by atoms with E-state index in [-0.39, 0.29) is 5.54 Å².